The van der Waals surface area contributed by atoms with E-state index in [1.54, 1.807) is 0 Å². The van der Waals surface area contributed by atoms with Gasteiger partial charge in [0, 0.05) is 0 Å². The summed E-state index contributed by atoms with van der Waals surface area (Å²) in [4.78, 5) is 0. The third kappa shape index (κ3) is 2.47. The Morgan fingerprint density at radius 3 is 2.78 bits per heavy atom. The van der Waals surface area contributed by atoms with E-state index in [0.29, 0.717) is 0 Å². The number of hydrogen-bond donors (Lipinski definition) is 1. The molecule has 0 bridgehead atoms. The first-order chi connectivity index (χ1) is 4.39. The first-order valence-electron chi connectivity index (χ1n) is 3.39. The molecule has 0 aromatic heterocycles. The average molecular weight is 124 g/mol. The van der Waals surface area contributed by atoms with Crippen molar-refractivity contribution in [2.75, 3.05) is 0 Å². The fourth-order valence-electron chi connectivity index (χ4n) is 0.878. The molecular weight excluding hydrogens is 112 g/mol. The molecule has 50 valence electrons. The first kappa shape index (κ1) is 6.56. The van der Waals surface area contributed by atoms with Crippen LogP contribution in [0.1, 0.15) is 19.3 Å². The van der Waals surface area contributed by atoms with Crippen LogP contribution in [0.25, 0.3) is 0 Å². The van der Waals surface area contributed by atoms with Crippen molar-refractivity contribution in [1.82, 2.24) is 0 Å². The van der Waals surface area contributed by atoms with Crippen LogP contribution < -0.4 is 0 Å². The largest absolute Gasteiger partial charge is 0.389 e. The van der Waals surface area contributed by atoms with Gasteiger partial charge in [0.05, 0.1) is 6.10 Å². The van der Waals surface area contributed by atoms with E-state index in [1.165, 1.54) is 0 Å². The van der Waals surface area contributed by atoms with Crippen LogP contribution in [-0.2, 0) is 0 Å². The van der Waals surface area contributed by atoms with Crippen LogP contribution in [0, 0.1) is 0 Å². The second-order valence-electron chi connectivity index (χ2n) is 2.28. The zero-order valence-electron chi connectivity index (χ0n) is 5.46. The van der Waals surface area contributed by atoms with E-state index in [-0.39, 0.29) is 6.10 Å². The van der Waals surface area contributed by atoms with Crippen molar-refractivity contribution in [3.05, 3.63) is 24.3 Å². The predicted molar refractivity (Wildman–Crippen MR) is 38.1 cm³/mol. The zero-order valence-corrected chi connectivity index (χ0v) is 5.46. The van der Waals surface area contributed by atoms with Gasteiger partial charge in [-0.05, 0) is 19.3 Å². The number of allylic oxidation sites excluding steroid dienone is 2. The van der Waals surface area contributed by atoms with Gasteiger partial charge in [-0.3, -0.25) is 0 Å². The fraction of sp³-hybridized carbons (Fsp3) is 0.500. The van der Waals surface area contributed by atoms with E-state index in [4.69, 9.17) is 5.11 Å². The predicted octanol–water partition coefficient (Wildman–Crippen LogP) is 1.64. The Morgan fingerprint density at radius 2 is 1.89 bits per heavy atom. The van der Waals surface area contributed by atoms with Crippen molar-refractivity contribution >= 4 is 0 Å². The summed E-state index contributed by atoms with van der Waals surface area (Å²) in [6, 6.07) is 0. The summed E-state index contributed by atoms with van der Waals surface area (Å²) >= 11 is 0. The summed E-state index contributed by atoms with van der Waals surface area (Å²) in [5.41, 5.74) is 0. The molecule has 1 rings (SSSR count). The maximum Gasteiger partial charge on any atom is 0.0755 e. The molecule has 0 aliphatic heterocycles. The Balaban J connectivity index is 2.40. The molecule has 1 aliphatic carbocycles. The van der Waals surface area contributed by atoms with Crippen LogP contribution >= 0.6 is 0 Å². The lowest BCUT2D eigenvalue weighted by molar-refractivity contribution is 0.226. The maximum atomic E-state index is 9.08. The molecule has 0 heterocycles. The highest BCUT2D eigenvalue weighted by molar-refractivity contribution is 4.98. The molecule has 1 unspecified atom stereocenters. The molecule has 0 fully saturated rings. The van der Waals surface area contributed by atoms with Crippen LogP contribution in [0.5, 0.6) is 0 Å². The van der Waals surface area contributed by atoms with Gasteiger partial charge in [0.15, 0.2) is 0 Å². The summed E-state index contributed by atoms with van der Waals surface area (Å²) in [5, 5.41) is 9.08. The van der Waals surface area contributed by atoms with E-state index >= 15 is 0 Å². The molecule has 0 saturated carbocycles. The van der Waals surface area contributed by atoms with E-state index in [2.05, 4.69) is 6.08 Å². The van der Waals surface area contributed by atoms with E-state index in [0.717, 1.165) is 19.3 Å². The molecule has 0 aromatic carbocycles. The molecule has 1 heteroatoms. The summed E-state index contributed by atoms with van der Waals surface area (Å²) < 4.78 is 0. The number of aliphatic hydroxyl groups is 1. The smallest absolute Gasteiger partial charge is 0.0755 e. The molecule has 0 amide bonds. The normalized spacial score (nSPS) is 31.0. The van der Waals surface area contributed by atoms with Crippen LogP contribution in [0.4, 0.5) is 0 Å². The van der Waals surface area contributed by atoms with E-state index in [9.17, 15) is 0 Å². The Labute approximate surface area is 55.7 Å². The molecule has 1 N–H and O–H groups in total. The van der Waals surface area contributed by atoms with Crippen molar-refractivity contribution in [2.45, 2.75) is 25.4 Å². The monoisotopic (exact) mass is 124 g/mol. The van der Waals surface area contributed by atoms with Gasteiger partial charge < -0.3 is 5.11 Å². The van der Waals surface area contributed by atoms with Gasteiger partial charge in [-0.1, -0.05) is 24.3 Å². The Hall–Kier alpha value is -0.560. The highest BCUT2D eigenvalue weighted by Gasteiger charge is 1.95. The number of aliphatic hydroxyl groups excluding tert-OH is 1. The lowest BCUT2D eigenvalue weighted by Gasteiger charge is -2.02. The van der Waals surface area contributed by atoms with Crippen LogP contribution in [-0.4, -0.2) is 11.2 Å². The Bertz CT molecular complexity index is 125. The van der Waals surface area contributed by atoms with Crippen molar-refractivity contribution in [3.8, 4) is 0 Å². The van der Waals surface area contributed by atoms with Crippen LogP contribution in [0.15, 0.2) is 24.3 Å². The summed E-state index contributed by atoms with van der Waals surface area (Å²) in [6.07, 6.45) is 10.8. The van der Waals surface area contributed by atoms with Crippen molar-refractivity contribution in [2.24, 2.45) is 0 Å². The SMILES string of the molecule is OC1C=CCC/C=C/C1. The molecule has 0 spiro atoms. The topological polar surface area (TPSA) is 20.2 Å². The van der Waals surface area contributed by atoms with E-state index < -0.39 is 0 Å². The molecule has 0 aromatic rings. The lowest BCUT2D eigenvalue weighted by Crippen LogP contribution is -1.99. The zero-order chi connectivity index (χ0) is 6.53. The first-order valence-corrected chi connectivity index (χ1v) is 3.39. The van der Waals surface area contributed by atoms with Crippen LogP contribution in [0.2, 0.25) is 0 Å². The van der Waals surface area contributed by atoms with Gasteiger partial charge in [0.25, 0.3) is 0 Å². The molecular formula is C8H12O. The summed E-state index contributed by atoms with van der Waals surface area (Å²) in [5.74, 6) is 0. The summed E-state index contributed by atoms with van der Waals surface area (Å²) in [7, 11) is 0. The molecule has 0 radical (unpaired) electrons. The standard InChI is InChI=1S/C8H12O/c9-8-6-4-2-1-3-5-7-8/h2,4-5,7-9H,1,3,6H2/b4-2+,7-5?. The van der Waals surface area contributed by atoms with Gasteiger partial charge in [-0.25, -0.2) is 0 Å². The minimum atomic E-state index is -0.249. The second kappa shape index (κ2) is 3.46. The van der Waals surface area contributed by atoms with Gasteiger partial charge >= 0.3 is 0 Å². The van der Waals surface area contributed by atoms with Crippen molar-refractivity contribution in [3.63, 3.8) is 0 Å². The molecule has 1 atom stereocenters. The van der Waals surface area contributed by atoms with Crippen molar-refractivity contribution < 1.29 is 5.11 Å². The van der Waals surface area contributed by atoms with E-state index in [1.807, 2.05) is 18.2 Å². The third-order valence-electron chi connectivity index (χ3n) is 1.40. The molecule has 0 saturated heterocycles. The van der Waals surface area contributed by atoms with Crippen LogP contribution in [0.3, 0.4) is 0 Å². The minimum Gasteiger partial charge on any atom is -0.389 e. The maximum absolute atomic E-state index is 9.08. The minimum absolute atomic E-state index is 0.249. The third-order valence-corrected chi connectivity index (χ3v) is 1.40. The Kier molecular flexibility index (Phi) is 2.52. The summed E-state index contributed by atoms with van der Waals surface area (Å²) in [6.45, 7) is 0. The van der Waals surface area contributed by atoms with Crippen molar-refractivity contribution in [1.29, 1.82) is 0 Å². The molecule has 1 aliphatic rings. The highest BCUT2D eigenvalue weighted by atomic mass is 16.3. The van der Waals surface area contributed by atoms with Gasteiger partial charge in [0.1, 0.15) is 0 Å². The van der Waals surface area contributed by atoms with Gasteiger partial charge in [-0.2, -0.15) is 0 Å². The van der Waals surface area contributed by atoms with Gasteiger partial charge in [-0.15, -0.1) is 0 Å². The molecule has 9 heavy (non-hydrogen) atoms. The average Bonchev–Trinajstić information content (AvgIpc) is 1.79. The number of rotatable bonds is 0. The second-order valence-corrected chi connectivity index (χ2v) is 2.28. The van der Waals surface area contributed by atoms with Gasteiger partial charge in [0.2, 0.25) is 0 Å². The number of hydrogen-bond acceptors (Lipinski definition) is 1. The molecule has 1 nitrogen and oxygen atoms in total. The highest BCUT2D eigenvalue weighted by Crippen LogP contribution is 2.03. The Morgan fingerprint density at radius 1 is 1.11 bits per heavy atom. The lowest BCUT2D eigenvalue weighted by atomic mass is 10.1. The quantitative estimate of drug-likeness (QED) is 0.487. The fourth-order valence-corrected chi connectivity index (χ4v) is 0.878.